The van der Waals surface area contributed by atoms with Gasteiger partial charge in [0, 0.05) is 30.3 Å². The summed E-state index contributed by atoms with van der Waals surface area (Å²) in [5.41, 5.74) is 2.77. The molecule has 1 aromatic heterocycles. The average molecular weight is 353 g/mol. The van der Waals surface area contributed by atoms with Gasteiger partial charge in [0.25, 0.3) is 5.56 Å². The maximum atomic E-state index is 12.9. The molecule has 0 radical (unpaired) electrons. The molecule has 5 heteroatoms. The average Bonchev–Trinajstić information content (AvgIpc) is 2.91. The van der Waals surface area contributed by atoms with Crippen molar-refractivity contribution in [3.63, 3.8) is 0 Å². The van der Waals surface area contributed by atoms with Crippen molar-refractivity contribution < 1.29 is 4.79 Å². The second-order valence-corrected chi connectivity index (χ2v) is 7.56. The quantitative estimate of drug-likeness (QED) is 0.844. The van der Waals surface area contributed by atoms with Crippen LogP contribution in [0.2, 0.25) is 0 Å². The molecule has 2 aromatic rings. The number of carbonyl (C=O) groups excluding carboxylic acids is 1. The second kappa shape index (κ2) is 7.52. The smallest absolute Gasteiger partial charge is 0.274 e. The summed E-state index contributed by atoms with van der Waals surface area (Å²) in [6, 6.07) is 9.68. The molecular formula is C21H27N3O2. The van der Waals surface area contributed by atoms with Crippen molar-refractivity contribution in [3.05, 3.63) is 51.9 Å². The van der Waals surface area contributed by atoms with E-state index >= 15 is 0 Å². The van der Waals surface area contributed by atoms with Gasteiger partial charge in [-0.3, -0.25) is 14.7 Å². The van der Waals surface area contributed by atoms with Crippen LogP contribution in [0.4, 0.5) is 0 Å². The number of nitrogens with zero attached hydrogens (tertiary/aromatic N) is 2. The van der Waals surface area contributed by atoms with Gasteiger partial charge < -0.3 is 4.90 Å². The molecule has 0 saturated carbocycles. The Kier molecular flexibility index (Phi) is 4.96. The minimum Gasteiger partial charge on any atom is -0.342 e. The summed E-state index contributed by atoms with van der Waals surface area (Å²) in [4.78, 5) is 27.8. The number of hydrogen-bond donors (Lipinski definition) is 1. The lowest BCUT2D eigenvalue weighted by atomic mass is 9.98. The Morgan fingerprint density at radius 1 is 0.962 bits per heavy atom. The topological polar surface area (TPSA) is 58.1 Å². The molecule has 1 fully saturated rings. The minimum absolute atomic E-state index is 0.0362. The molecule has 1 unspecified atom stereocenters. The van der Waals surface area contributed by atoms with Crippen molar-refractivity contribution in [1.29, 1.82) is 0 Å². The highest BCUT2D eigenvalue weighted by molar-refractivity contribution is 5.79. The lowest BCUT2D eigenvalue weighted by Gasteiger charge is -2.25. The van der Waals surface area contributed by atoms with E-state index < -0.39 is 0 Å². The van der Waals surface area contributed by atoms with Gasteiger partial charge in [-0.25, -0.2) is 4.68 Å². The predicted octanol–water partition coefficient (Wildman–Crippen LogP) is 3.06. The second-order valence-electron chi connectivity index (χ2n) is 7.56. The summed E-state index contributed by atoms with van der Waals surface area (Å²) in [5, 5.41) is 3.29. The van der Waals surface area contributed by atoms with Gasteiger partial charge in [0.05, 0.1) is 5.69 Å². The largest absolute Gasteiger partial charge is 0.342 e. The summed E-state index contributed by atoms with van der Waals surface area (Å²) < 4.78 is 1.64. The van der Waals surface area contributed by atoms with E-state index in [9.17, 15) is 9.59 Å². The standard InChI is InChI=1S/C21H27N3O2/c25-20(23-14-6-1-2-7-15-23)16-10-12-18-19(13-11-16)22-24(21(18)26)17-8-4-3-5-9-17/h3-5,8-9,16,22H,1-2,6-7,10-15H2. The molecule has 1 N–H and O–H groups in total. The van der Waals surface area contributed by atoms with Crippen molar-refractivity contribution in [2.24, 2.45) is 5.92 Å². The first-order chi connectivity index (χ1) is 12.7. The van der Waals surface area contributed by atoms with Crippen LogP contribution >= 0.6 is 0 Å². The predicted molar refractivity (Wildman–Crippen MR) is 102 cm³/mol. The minimum atomic E-state index is 0.0362. The zero-order valence-corrected chi connectivity index (χ0v) is 15.2. The number of aromatic amines is 1. The lowest BCUT2D eigenvalue weighted by Crippen LogP contribution is -2.37. The third-order valence-corrected chi connectivity index (χ3v) is 5.84. The Labute approximate surface area is 154 Å². The van der Waals surface area contributed by atoms with Crippen molar-refractivity contribution in [3.8, 4) is 5.69 Å². The summed E-state index contributed by atoms with van der Waals surface area (Å²) >= 11 is 0. The molecule has 26 heavy (non-hydrogen) atoms. The number of likely N-dealkylation sites (tertiary alicyclic amines) is 1. The van der Waals surface area contributed by atoms with Crippen molar-refractivity contribution >= 4 is 5.91 Å². The summed E-state index contributed by atoms with van der Waals surface area (Å²) in [7, 11) is 0. The number of carbonyl (C=O) groups is 1. The van der Waals surface area contributed by atoms with Gasteiger partial charge in [0.2, 0.25) is 5.91 Å². The number of fused-ring (bicyclic) bond motifs is 1. The molecule has 4 rings (SSSR count). The number of benzene rings is 1. The van der Waals surface area contributed by atoms with Gasteiger partial charge in [0.1, 0.15) is 0 Å². The maximum absolute atomic E-state index is 12.9. The Hall–Kier alpha value is -2.30. The summed E-state index contributed by atoms with van der Waals surface area (Å²) in [6.07, 6.45) is 7.79. The summed E-state index contributed by atoms with van der Waals surface area (Å²) in [5.74, 6) is 0.360. The first kappa shape index (κ1) is 17.1. The zero-order valence-electron chi connectivity index (χ0n) is 15.2. The molecule has 1 amide bonds. The number of amides is 1. The SMILES string of the molecule is O=C(C1CCc2[nH]n(-c3ccccc3)c(=O)c2CC1)N1CCCCCC1. The van der Waals surface area contributed by atoms with E-state index in [2.05, 4.69) is 10.00 Å². The van der Waals surface area contributed by atoms with E-state index in [1.54, 1.807) is 4.68 Å². The molecule has 138 valence electrons. The van der Waals surface area contributed by atoms with Crippen LogP contribution in [-0.2, 0) is 17.6 Å². The van der Waals surface area contributed by atoms with Crippen LogP contribution in [0.3, 0.4) is 0 Å². The van der Waals surface area contributed by atoms with Crippen molar-refractivity contribution in [1.82, 2.24) is 14.7 Å². The molecule has 5 nitrogen and oxygen atoms in total. The van der Waals surface area contributed by atoms with E-state index in [1.165, 1.54) is 12.8 Å². The lowest BCUT2D eigenvalue weighted by molar-refractivity contribution is -0.135. The van der Waals surface area contributed by atoms with E-state index in [1.807, 2.05) is 30.3 Å². The first-order valence-electron chi connectivity index (χ1n) is 9.91. The van der Waals surface area contributed by atoms with Crippen LogP contribution in [0.15, 0.2) is 35.1 Å². The Morgan fingerprint density at radius 3 is 2.38 bits per heavy atom. The van der Waals surface area contributed by atoms with Gasteiger partial charge in [0.15, 0.2) is 0 Å². The van der Waals surface area contributed by atoms with Crippen LogP contribution in [0, 0.1) is 5.92 Å². The van der Waals surface area contributed by atoms with Gasteiger partial charge >= 0.3 is 0 Å². The number of aryl methyl sites for hydroxylation is 1. The normalized spacial score (nSPS) is 20.9. The summed E-state index contributed by atoms with van der Waals surface area (Å²) in [6.45, 7) is 1.81. The van der Waals surface area contributed by atoms with Gasteiger partial charge in [-0.15, -0.1) is 0 Å². The molecule has 1 atom stereocenters. The zero-order chi connectivity index (χ0) is 17.9. The van der Waals surface area contributed by atoms with Gasteiger partial charge in [-0.05, 0) is 50.7 Å². The molecule has 0 bridgehead atoms. The van der Waals surface area contributed by atoms with Crippen LogP contribution in [0.5, 0.6) is 0 Å². The molecule has 2 aliphatic rings. The number of para-hydroxylation sites is 1. The monoisotopic (exact) mass is 353 g/mol. The van der Waals surface area contributed by atoms with E-state index in [0.717, 1.165) is 62.1 Å². The number of rotatable bonds is 2. The highest BCUT2D eigenvalue weighted by atomic mass is 16.2. The fourth-order valence-electron chi connectivity index (χ4n) is 4.32. The Morgan fingerprint density at radius 2 is 1.65 bits per heavy atom. The van der Waals surface area contributed by atoms with Crippen molar-refractivity contribution in [2.75, 3.05) is 13.1 Å². The van der Waals surface area contributed by atoms with Crippen molar-refractivity contribution in [2.45, 2.75) is 51.4 Å². The molecule has 1 aromatic carbocycles. The molecule has 0 spiro atoms. The van der Waals surface area contributed by atoms with E-state index in [0.29, 0.717) is 12.3 Å². The molecule has 1 aliphatic heterocycles. The highest BCUT2D eigenvalue weighted by Gasteiger charge is 2.29. The van der Waals surface area contributed by atoms with E-state index in [-0.39, 0.29) is 11.5 Å². The Bertz CT molecular complexity index is 814. The Balaban J connectivity index is 1.50. The van der Waals surface area contributed by atoms with Gasteiger partial charge in [-0.1, -0.05) is 31.0 Å². The molecule has 1 saturated heterocycles. The third-order valence-electron chi connectivity index (χ3n) is 5.84. The van der Waals surface area contributed by atoms with Gasteiger partial charge in [-0.2, -0.15) is 0 Å². The molecule has 1 aliphatic carbocycles. The van der Waals surface area contributed by atoms with Crippen LogP contribution in [-0.4, -0.2) is 33.7 Å². The number of hydrogen-bond acceptors (Lipinski definition) is 2. The number of aromatic nitrogens is 2. The molecular weight excluding hydrogens is 326 g/mol. The van der Waals surface area contributed by atoms with Crippen LogP contribution in [0.25, 0.3) is 5.69 Å². The van der Waals surface area contributed by atoms with Crippen LogP contribution in [0.1, 0.15) is 49.8 Å². The fourth-order valence-corrected chi connectivity index (χ4v) is 4.32. The van der Waals surface area contributed by atoms with Crippen LogP contribution < -0.4 is 5.56 Å². The first-order valence-corrected chi connectivity index (χ1v) is 9.91. The van der Waals surface area contributed by atoms with E-state index in [4.69, 9.17) is 0 Å². The highest BCUT2D eigenvalue weighted by Crippen LogP contribution is 2.25. The molecule has 2 heterocycles. The fraction of sp³-hybridized carbons (Fsp3) is 0.524. The number of nitrogens with one attached hydrogen (secondary N) is 1. The maximum Gasteiger partial charge on any atom is 0.274 e. The third kappa shape index (κ3) is 3.35. The number of H-pyrrole nitrogens is 1.